The highest BCUT2D eigenvalue weighted by atomic mass is 79.9. The molecule has 1 unspecified atom stereocenters. The standard InChI is InChI=1S/C13H16BrNO3/c1-9(10-2-4-11(14)5-3-10)8-12(16)15-7-6-13(17)18/h2-5,9H,6-8H2,1H3,(H,15,16)(H,17,18). The lowest BCUT2D eigenvalue weighted by atomic mass is 9.97. The summed E-state index contributed by atoms with van der Waals surface area (Å²) in [6.07, 6.45) is 0.319. The average Bonchev–Trinajstić information content (AvgIpc) is 2.29. The van der Waals surface area contributed by atoms with E-state index in [2.05, 4.69) is 21.2 Å². The number of nitrogens with one attached hydrogen (secondary N) is 1. The molecule has 1 rings (SSSR count). The molecule has 18 heavy (non-hydrogen) atoms. The topological polar surface area (TPSA) is 66.4 Å². The monoisotopic (exact) mass is 313 g/mol. The summed E-state index contributed by atoms with van der Waals surface area (Å²) >= 11 is 3.36. The van der Waals surface area contributed by atoms with Gasteiger partial charge in [0.15, 0.2) is 0 Å². The summed E-state index contributed by atoms with van der Waals surface area (Å²) in [5, 5.41) is 11.1. The second kappa shape index (κ2) is 7.16. The number of aliphatic carboxylic acids is 1. The van der Waals surface area contributed by atoms with Crippen LogP contribution in [0, 0.1) is 0 Å². The number of amides is 1. The Morgan fingerprint density at radius 1 is 1.33 bits per heavy atom. The third kappa shape index (κ3) is 5.31. The second-order valence-electron chi connectivity index (χ2n) is 4.15. The first-order chi connectivity index (χ1) is 8.49. The van der Waals surface area contributed by atoms with Gasteiger partial charge in [-0.05, 0) is 23.6 Å². The van der Waals surface area contributed by atoms with E-state index >= 15 is 0 Å². The molecule has 0 saturated carbocycles. The van der Waals surface area contributed by atoms with Gasteiger partial charge < -0.3 is 10.4 Å². The number of carbonyl (C=O) groups excluding carboxylic acids is 1. The van der Waals surface area contributed by atoms with Crippen molar-refractivity contribution in [3.63, 3.8) is 0 Å². The number of carbonyl (C=O) groups is 2. The molecule has 1 aromatic carbocycles. The number of hydrogen-bond donors (Lipinski definition) is 2. The smallest absolute Gasteiger partial charge is 0.305 e. The highest BCUT2D eigenvalue weighted by Gasteiger charge is 2.11. The van der Waals surface area contributed by atoms with Gasteiger partial charge in [-0.2, -0.15) is 0 Å². The van der Waals surface area contributed by atoms with Gasteiger partial charge in [0.1, 0.15) is 0 Å². The van der Waals surface area contributed by atoms with Crippen LogP contribution >= 0.6 is 15.9 Å². The summed E-state index contributed by atoms with van der Waals surface area (Å²) in [6, 6.07) is 7.82. The van der Waals surface area contributed by atoms with Crippen LogP contribution in [0.25, 0.3) is 0 Å². The van der Waals surface area contributed by atoms with Gasteiger partial charge in [0.2, 0.25) is 5.91 Å². The lowest BCUT2D eigenvalue weighted by Crippen LogP contribution is -2.26. The Bertz CT molecular complexity index is 417. The summed E-state index contributed by atoms with van der Waals surface area (Å²) in [6.45, 7) is 2.15. The van der Waals surface area contributed by atoms with Crippen LogP contribution in [0.2, 0.25) is 0 Å². The molecule has 1 atom stereocenters. The minimum absolute atomic E-state index is 0.0432. The Hall–Kier alpha value is -1.36. The van der Waals surface area contributed by atoms with Gasteiger partial charge in [-0.25, -0.2) is 0 Å². The molecule has 0 aliphatic carbocycles. The lowest BCUT2D eigenvalue weighted by molar-refractivity contribution is -0.136. The summed E-state index contributed by atoms with van der Waals surface area (Å²) < 4.78 is 1.00. The van der Waals surface area contributed by atoms with Crippen molar-refractivity contribution >= 4 is 27.8 Å². The minimum Gasteiger partial charge on any atom is -0.481 e. The van der Waals surface area contributed by atoms with E-state index in [0.29, 0.717) is 6.42 Å². The van der Waals surface area contributed by atoms with Crippen LogP contribution in [0.3, 0.4) is 0 Å². The molecule has 1 aromatic rings. The number of rotatable bonds is 6. The zero-order chi connectivity index (χ0) is 13.5. The van der Waals surface area contributed by atoms with E-state index in [1.807, 2.05) is 31.2 Å². The zero-order valence-electron chi connectivity index (χ0n) is 10.1. The van der Waals surface area contributed by atoms with Crippen molar-refractivity contribution in [2.75, 3.05) is 6.54 Å². The predicted octanol–water partition coefficient (Wildman–Crippen LogP) is 2.53. The van der Waals surface area contributed by atoms with E-state index in [4.69, 9.17) is 5.11 Å². The third-order valence-corrected chi connectivity index (χ3v) is 3.12. The van der Waals surface area contributed by atoms with Crippen molar-refractivity contribution < 1.29 is 14.7 Å². The molecule has 0 saturated heterocycles. The molecule has 98 valence electrons. The number of halogens is 1. The van der Waals surface area contributed by atoms with Crippen LogP contribution in [0.15, 0.2) is 28.7 Å². The van der Waals surface area contributed by atoms with Crippen molar-refractivity contribution in [3.8, 4) is 0 Å². The number of benzene rings is 1. The highest BCUT2D eigenvalue weighted by molar-refractivity contribution is 9.10. The van der Waals surface area contributed by atoms with E-state index in [0.717, 1.165) is 10.0 Å². The molecule has 0 bridgehead atoms. The average molecular weight is 314 g/mol. The van der Waals surface area contributed by atoms with Crippen LogP contribution in [0.1, 0.15) is 31.2 Å². The van der Waals surface area contributed by atoms with Gasteiger partial charge in [-0.3, -0.25) is 9.59 Å². The summed E-state index contributed by atoms with van der Waals surface area (Å²) in [7, 11) is 0. The zero-order valence-corrected chi connectivity index (χ0v) is 11.7. The van der Waals surface area contributed by atoms with Crippen LogP contribution in [0.4, 0.5) is 0 Å². The van der Waals surface area contributed by atoms with Crippen molar-refractivity contribution in [3.05, 3.63) is 34.3 Å². The predicted molar refractivity (Wildman–Crippen MR) is 72.4 cm³/mol. The van der Waals surface area contributed by atoms with E-state index in [-0.39, 0.29) is 24.8 Å². The normalized spacial score (nSPS) is 11.9. The first kappa shape index (κ1) is 14.7. The largest absolute Gasteiger partial charge is 0.481 e. The molecule has 0 spiro atoms. The summed E-state index contributed by atoms with van der Waals surface area (Å²) in [5.41, 5.74) is 1.09. The molecular formula is C13H16BrNO3. The van der Waals surface area contributed by atoms with E-state index < -0.39 is 5.97 Å². The molecule has 2 N–H and O–H groups in total. The Morgan fingerprint density at radius 2 is 1.94 bits per heavy atom. The van der Waals surface area contributed by atoms with Crippen molar-refractivity contribution in [1.82, 2.24) is 5.32 Å². The fraction of sp³-hybridized carbons (Fsp3) is 0.385. The van der Waals surface area contributed by atoms with Gasteiger partial charge in [-0.1, -0.05) is 35.0 Å². The van der Waals surface area contributed by atoms with Gasteiger partial charge in [0, 0.05) is 17.4 Å². The Labute approximate surface area is 115 Å². The van der Waals surface area contributed by atoms with Gasteiger partial charge in [-0.15, -0.1) is 0 Å². The summed E-state index contributed by atoms with van der Waals surface area (Å²) in [5.74, 6) is -0.911. The molecule has 0 aromatic heterocycles. The fourth-order valence-electron chi connectivity index (χ4n) is 1.57. The Balaban J connectivity index is 2.39. The van der Waals surface area contributed by atoms with Crippen molar-refractivity contribution in [2.24, 2.45) is 0 Å². The molecule has 0 aliphatic rings. The SMILES string of the molecule is CC(CC(=O)NCCC(=O)O)c1ccc(Br)cc1. The number of carboxylic acids is 1. The van der Waals surface area contributed by atoms with E-state index in [1.165, 1.54) is 0 Å². The first-order valence-electron chi connectivity index (χ1n) is 5.73. The Kier molecular flexibility index (Phi) is 5.85. The van der Waals surface area contributed by atoms with Crippen LogP contribution in [0.5, 0.6) is 0 Å². The maximum absolute atomic E-state index is 11.6. The first-order valence-corrected chi connectivity index (χ1v) is 6.52. The molecule has 5 heteroatoms. The van der Waals surface area contributed by atoms with Crippen LogP contribution < -0.4 is 5.32 Å². The summed E-state index contributed by atoms with van der Waals surface area (Å²) in [4.78, 5) is 21.9. The maximum Gasteiger partial charge on any atom is 0.305 e. The number of hydrogen-bond acceptors (Lipinski definition) is 2. The minimum atomic E-state index is -0.906. The van der Waals surface area contributed by atoms with Gasteiger partial charge in [0.05, 0.1) is 6.42 Å². The molecule has 0 radical (unpaired) electrons. The molecule has 4 nitrogen and oxygen atoms in total. The molecule has 1 amide bonds. The molecular weight excluding hydrogens is 298 g/mol. The van der Waals surface area contributed by atoms with Crippen molar-refractivity contribution in [2.45, 2.75) is 25.7 Å². The number of carboxylic acid groups (broad SMARTS) is 1. The molecule has 0 aliphatic heterocycles. The fourth-order valence-corrected chi connectivity index (χ4v) is 1.83. The van der Waals surface area contributed by atoms with Crippen molar-refractivity contribution in [1.29, 1.82) is 0 Å². The van der Waals surface area contributed by atoms with Crippen LogP contribution in [-0.4, -0.2) is 23.5 Å². The van der Waals surface area contributed by atoms with Crippen LogP contribution in [-0.2, 0) is 9.59 Å². The second-order valence-corrected chi connectivity index (χ2v) is 5.07. The van der Waals surface area contributed by atoms with Gasteiger partial charge >= 0.3 is 5.97 Å². The molecule has 0 fully saturated rings. The van der Waals surface area contributed by atoms with E-state index in [1.54, 1.807) is 0 Å². The highest BCUT2D eigenvalue weighted by Crippen LogP contribution is 2.20. The maximum atomic E-state index is 11.6. The van der Waals surface area contributed by atoms with E-state index in [9.17, 15) is 9.59 Å². The quantitative estimate of drug-likeness (QED) is 0.848. The third-order valence-electron chi connectivity index (χ3n) is 2.59. The Morgan fingerprint density at radius 3 is 2.50 bits per heavy atom. The van der Waals surface area contributed by atoms with Gasteiger partial charge in [0.25, 0.3) is 0 Å². The molecule has 0 heterocycles. The lowest BCUT2D eigenvalue weighted by Gasteiger charge is -2.11.